The van der Waals surface area contributed by atoms with Gasteiger partial charge in [0.2, 0.25) is 0 Å². The molecule has 4 aromatic carbocycles. The zero-order valence-corrected chi connectivity index (χ0v) is 29.3. The highest BCUT2D eigenvalue weighted by molar-refractivity contribution is 5.94. The Kier molecular flexibility index (Phi) is 9.51. The Morgan fingerprint density at radius 2 is 1.57 bits per heavy atom. The maximum atomic E-state index is 12.7. The standard InChI is InChI=1S/C43H50N2O4/c1-29-38(25-45-28-43(4)23-37(45)22-42(2,3)27-43)48-41(49-39(29)32-18-16-30(26-46)17-19-32)36-15-9-14-35(21-36)34-13-8-10-31(20-34)24-44-40(47)33-11-6-5-7-12-33/h5-21,29,37-39,41,46H,22-28H2,1-4H3,(H,44,47)/t29-,37?,38+,39+,41+,43?/m0/s1. The molecule has 2 saturated heterocycles. The van der Waals surface area contributed by atoms with Crippen molar-refractivity contribution >= 4 is 5.91 Å². The van der Waals surface area contributed by atoms with E-state index in [2.05, 4.69) is 86.4 Å². The van der Waals surface area contributed by atoms with Crippen molar-refractivity contribution < 1.29 is 19.4 Å². The van der Waals surface area contributed by atoms with Gasteiger partial charge in [-0.15, -0.1) is 0 Å². The summed E-state index contributed by atoms with van der Waals surface area (Å²) in [7, 11) is 0. The van der Waals surface area contributed by atoms with Crippen LogP contribution in [0.3, 0.4) is 0 Å². The average molecular weight is 659 g/mol. The molecule has 6 atom stereocenters. The Morgan fingerprint density at radius 1 is 0.837 bits per heavy atom. The molecule has 7 rings (SSSR count). The van der Waals surface area contributed by atoms with Crippen LogP contribution in [0.4, 0.5) is 0 Å². The molecule has 3 fully saturated rings. The maximum absolute atomic E-state index is 12.7. The van der Waals surface area contributed by atoms with Gasteiger partial charge in [0.25, 0.3) is 5.91 Å². The Bertz CT molecular complexity index is 1760. The van der Waals surface area contributed by atoms with Gasteiger partial charge in [0.15, 0.2) is 6.29 Å². The lowest BCUT2D eigenvalue weighted by atomic mass is 9.65. The van der Waals surface area contributed by atoms with Crippen molar-refractivity contribution in [1.82, 2.24) is 10.2 Å². The Hall–Kier alpha value is -3.81. The third-order valence-corrected chi connectivity index (χ3v) is 11.0. The highest BCUT2D eigenvalue weighted by Gasteiger charge is 2.51. The number of carbonyl (C=O) groups excluding carboxylic acids is 1. The Labute approximate surface area is 291 Å². The fourth-order valence-corrected chi connectivity index (χ4v) is 8.95. The lowest BCUT2D eigenvalue weighted by molar-refractivity contribution is -0.276. The first-order chi connectivity index (χ1) is 23.6. The molecule has 2 N–H and O–H groups in total. The minimum atomic E-state index is -0.522. The van der Waals surface area contributed by atoms with Crippen LogP contribution in [0.5, 0.6) is 0 Å². The zero-order chi connectivity index (χ0) is 34.2. The van der Waals surface area contributed by atoms with Gasteiger partial charge in [0.1, 0.15) is 0 Å². The number of hydrogen-bond acceptors (Lipinski definition) is 5. The first-order valence-corrected chi connectivity index (χ1v) is 17.9. The van der Waals surface area contributed by atoms with Crippen LogP contribution < -0.4 is 5.32 Å². The van der Waals surface area contributed by atoms with Crippen LogP contribution in [0.1, 0.15) is 92.0 Å². The predicted molar refractivity (Wildman–Crippen MR) is 194 cm³/mol. The monoisotopic (exact) mass is 658 g/mol. The number of aliphatic hydroxyl groups excluding tert-OH is 1. The SMILES string of the molecule is C[C@H]1[C@@H](CN2CC3(C)CC2CC(C)(C)C3)O[C@@H](c2cccc(-c3cccc(CNC(=O)c4ccccc4)c3)c2)O[C@H]1c1ccc(CO)cc1. The molecule has 49 heavy (non-hydrogen) atoms. The molecule has 1 saturated carbocycles. The zero-order valence-electron chi connectivity index (χ0n) is 29.3. The molecule has 2 heterocycles. The summed E-state index contributed by atoms with van der Waals surface area (Å²) >= 11 is 0. The second kappa shape index (κ2) is 13.8. The highest BCUT2D eigenvalue weighted by atomic mass is 16.7. The van der Waals surface area contributed by atoms with Crippen LogP contribution in [0, 0.1) is 16.7 Å². The van der Waals surface area contributed by atoms with Gasteiger partial charge in [-0.25, -0.2) is 0 Å². The van der Waals surface area contributed by atoms with Crippen LogP contribution in [-0.4, -0.2) is 41.1 Å². The van der Waals surface area contributed by atoms with Gasteiger partial charge in [-0.1, -0.05) is 107 Å². The van der Waals surface area contributed by atoms with Gasteiger partial charge in [-0.2, -0.15) is 0 Å². The number of nitrogens with one attached hydrogen (secondary N) is 1. The summed E-state index contributed by atoms with van der Waals surface area (Å²) in [6.07, 6.45) is 3.09. The second-order valence-corrected chi connectivity index (χ2v) is 15.8. The van der Waals surface area contributed by atoms with Crippen LogP contribution >= 0.6 is 0 Å². The number of amides is 1. The molecule has 0 spiro atoms. The summed E-state index contributed by atoms with van der Waals surface area (Å²) in [5.74, 6) is 0.0580. The van der Waals surface area contributed by atoms with E-state index < -0.39 is 6.29 Å². The van der Waals surface area contributed by atoms with Crippen molar-refractivity contribution in [3.63, 3.8) is 0 Å². The number of benzene rings is 4. The molecule has 6 nitrogen and oxygen atoms in total. The highest BCUT2D eigenvalue weighted by Crippen LogP contribution is 2.53. The summed E-state index contributed by atoms with van der Waals surface area (Å²) in [4.78, 5) is 15.4. The minimum Gasteiger partial charge on any atom is -0.392 e. The number of carbonyl (C=O) groups is 1. The summed E-state index contributed by atoms with van der Waals surface area (Å²) in [5.41, 5.74) is 7.54. The third-order valence-electron chi connectivity index (χ3n) is 11.0. The van der Waals surface area contributed by atoms with Crippen molar-refractivity contribution in [2.75, 3.05) is 13.1 Å². The molecule has 4 aromatic rings. The van der Waals surface area contributed by atoms with Gasteiger partial charge in [0, 0.05) is 42.7 Å². The Morgan fingerprint density at radius 3 is 2.33 bits per heavy atom. The number of rotatable bonds is 9. The number of hydrogen-bond donors (Lipinski definition) is 2. The number of nitrogens with zero attached hydrogens (tertiary/aromatic N) is 1. The minimum absolute atomic E-state index is 0.00691. The molecule has 256 valence electrons. The van der Waals surface area contributed by atoms with Crippen molar-refractivity contribution in [2.45, 2.75) is 84.6 Å². The van der Waals surface area contributed by atoms with Gasteiger partial charge >= 0.3 is 0 Å². The van der Waals surface area contributed by atoms with E-state index in [4.69, 9.17) is 9.47 Å². The topological polar surface area (TPSA) is 71.0 Å². The van der Waals surface area contributed by atoms with E-state index in [0.29, 0.717) is 29.0 Å². The normalized spacial score (nSPS) is 27.9. The van der Waals surface area contributed by atoms with Crippen molar-refractivity contribution in [3.05, 3.63) is 131 Å². The maximum Gasteiger partial charge on any atom is 0.251 e. The van der Waals surface area contributed by atoms with Gasteiger partial charge in [0.05, 0.1) is 18.8 Å². The van der Waals surface area contributed by atoms with Crippen molar-refractivity contribution in [2.24, 2.45) is 16.7 Å². The van der Waals surface area contributed by atoms with E-state index in [0.717, 1.165) is 46.5 Å². The quantitative estimate of drug-likeness (QED) is 0.189. The smallest absolute Gasteiger partial charge is 0.251 e. The molecule has 2 bridgehead atoms. The number of fused-ring (bicyclic) bond motifs is 2. The second-order valence-electron chi connectivity index (χ2n) is 15.8. The van der Waals surface area contributed by atoms with Crippen molar-refractivity contribution in [3.8, 4) is 11.1 Å². The molecule has 3 aliphatic rings. The Balaban J connectivity index is 1.13. The first kappa shape index (κ1) is 33.7. The van der Waals surface area contributed by atoms with E-state index in [1.807, 2.05) is 54.6 Å². The lowest BCUT2D eigenvalue weighted by Gasteiger charge is -2.43. The van der Waals surface area contributed by atoms with Gasteiger partial charge < -0.3 is 19.9 Å². The number of ether oxygens (including phenoxy) is 2. The van der Waals surface area contributed by atoms with E-state index in [9.17, 15) is 9.90 Å². The molecule has 0 radical (unpaired) electrons. The van der Waals surface area contributed by atoms with E-state index in [1.165, 1.54) is 19.3 Å². The van der Waals surface area contributed by atoms with Crippen LogP contribution in [0.25, 0.3) is 11.1 Å². The molecule has 6 heteroatoms. The summed E-state index contributed by atoms with van der Waals surface area (Å²) in [5, 5.41) is 12.7. The fourth-order valence-electron chi connectivity index (χ4n) is 8.95. The average Bonchev–Trinajstić information content (AvgIpc) is 3.35. The molecular formula is C43H50N2O4. The van der Waals surface area contributed by atoms with E-state index >= 15 is 0 Å². The van der Waals surface area contributed by atoms with E-state index in [1.54, 1.807) is 0 Å². The fraction of sp³-hybridized carbons (Fsp3) is 0.419. The van der Waals surface area contributed by atoms with E-state index in [-0.39, 0.29) is 30.6 Å². The molecule has 2 aliphatic heterocycles. The van der Waals surface area contributed by atoms with Crippen LogP contribution in [0.2, 0.25) is 0 Å². The molecule has 1 aliphatic carbocycles. The molecular weight excluding hydrogens is 608 g/mol. The predicted octanol–water partition coefficient (Wildman–Crippen LogP) is 8.47. The number of likely N-dealkylation sites (tertiary alicyclic amines) is 1. The lowest BCUT2D eigenvalue weighted by Crippen LogP contribution is -2.46. The number of aliphatic hydroxyl groups is 1. The summed E-state index contributed by atoms with van der Waals surface area (Å²) in [6, 6.07) is 34.9. The molecule has 1 amide bonds. The summed E-state index contributed by atoms with van der Waals surface area (Å²) < 4.78 is 13.8. The summed E-state index contributed by atoms with van der Waals surface area (Å²) in [6.45, 7) is 12.1. The van der Waals surface area contributed by atoms with Crippen molar-refractivity contribution in [1.29, 1.82) is 0 Å². The van der Waals surface area contributed by atoms with Gasteiger partial charge in [-0.3, -0.25) is 9.69 Å². The largest absolute Gasteiger partial charge is 0.392 e. The van der Waals surface area contributed by atoms with Crippen LogP contribution in [0.15, 0.2) is 103 Å². The first-order valence-electron chi connectivity index (χ1n) is 17.9. The molecule has 2 unspecified atom stereocenters. The molecule has 0 aromatic heterocycles. The third kappa shape index (κ3) is 7.53. The van der Waals surface area contributed by atoms with Crippen LogP contribution in [-0.2, 0) is 22.6 Å². The van der Waals surface area contributed by atoms with Gasteiger partial charge in [-0.05, 0) is 82.2 Å².